The van der Waals surface area contributed by atoms with Crippen LogP contribution in [-0.2, 0) is 16.2 Å². The van der Waals surface area contributed by atoms with Gasteiger partial charge in [-0.25, -0.2) is 14.1 Å². The maximum Gasteiger partial charge on any atom is 0.335 e. The van der Waals surface area contributed by atoms with Gasteiger partial charge in [-0.1, -0.05) is 35.3 Å². The molecule has 0 spiro atoms. The van der Waals surface area contributed by atoms with Gasteiger partial charge >= 0.3 is 6.03 Å². The molecule has 1 saturated heterocycles. The molecule has 0 aliphatic carbocycles. The number of carbonyl (C=O) groups is 3. The first-order chi connectivity index (χ1) is 16.6. The molecule has 1 N–H and O–H groups in total. The number of benzene rings is 3. The lowest BCUT2D eigenvalue weighted by molar-refractivity contribution is -0.122. The molecule has 0 aromatic heterocycles. The third kappa shape index (κ3) is 5.59. The number of hydrogen-bond donors (Lipinski definition) is 1. The highest BCUT2D eigenvalue weighted by molar-refractivity contribution is 9.11. The smallest absolute Gasteiger partial charge is 0.335 e. The molecule has 3 aromatic rings. The summed E-state index contributed by atoms with van der Waals surface area (Å²) in [5.41, 5.74) is 1.16. The number of urea groups is 1. The van der Waals surface area contributed by atoms with E-state index in [4.69, 9.17) is 27.9 Å². The minimum absolute atomic E-state index is 0.149. The zero-order chi connectivity index (χ0) is 25.3. The molecule has 4 amide bonds. The Labute approximate surface area is 225 Å². The molecule has 3 aromatic carbocycles. The van der Waals surface area contributed by atoms with Gasteiger partial charge in [0.25, 0.3) is 11.8 Å². The van der Waals surface area contributed by atoms with Gasteiger partial charge in [-0.05, 0) is 91.5 Å². The van der Waals surface area contributed by atoms with Crippen LogP contribution >= 0.6 is 55.1 Å². The quantitative estimate of drug-likeness (QED) is 0.243. The van der Waals surface area contributed by atoms with Crippen LogP contribution in [0.4, 0.5) is 14.9 Å². The number of anilines is 1. The summed E-state index contributed by atoms with van der Waals surface area (Å²) in [7, 11) is 0. The van der Waals surface area contributed by atoms with Crippen LogP contribution in [0, 0.1) is 5.82 Å². The van der Waals surface area contributed by atoms with Crippen LogP contribution in [0.5, 0.6) is 5.75 Å². The summed E-state index contributed by atoms with van der Waals surface area (Å²) >= 11 is 18.8. The van der Waals surface area contributed by atoms with E-state index < -0.39 is 17.8 Å². The summed E-state index contributed by atoms with van der Waals surface area (Å²) in [5.74, 6) is -1.51. The van der Waals surface area contributed by atoms with Crippen LogP contribution in [0.2, 0.25) is 10.0 Å². The van der Waals surface area contributed by atoms with Crippen molar-refractivity contribution in [2.24, 2.45) is 0 Å². The third-order valence-corrected chi connectivity index (χ3v) is 6.81. The summed E-state index contributed by atoms with van der Waals surface area (Å²) in [6, 6.07) is 12.6. The van der Waals surface area contributed by atoms with Crippen molar-refractivity contribution < 1.29 is 23.5 Å². The topological polar surface area (TPSA) is 75.7 Å². The lowest BCUT2D eigenvalue weighted by atomic mass is 10.1. The van der Waals surface area contributed by atoms with Gasteiger partial charge in [-0.15, -0.1) is 0 Å². The van der Waals surface area contributed by atoms with Crippen LogP contribution in [-0.4, -0.2) is 17.8 Å². The number of barbiturate groups is 1. The molecule has 11 heteroatoms. The second kappa shape index (κ2) is 10.5. The molecule has 1 aliphatic rings. The molecule has 0 unspecified atom stereocenters. The van der Waals surface area contributed by atoms with Gasteiger partial charge in [0.1, 0.15) is 23.7 Å². The third-order valence-electron chi connectivity index (χ3n) is 4.89. The second-order valence-corrected chi connectivity index (χ2v) is 9.81. The zero-order valence-electron chi connectivity index (χ0n) is 17.5. The average molecular weight is 643 g/mol. The number of amides is 4. The maximum absolute atomic E-state index is 13.1. The number of ether oxygens (including phenoxy) is 1. The van der Waals surface area contributed by atoms with Crippen LogP contribution in [0.1, 0.15) is 11.1 Å². The van der Waals surface area contributed by atoms with Crippen molar-refractivity contribution in [1.82, 2.24) is 5.32 Å². The fourth-order valence-corrected chi connectivity index (χ4v) is 4.96. The number of nitrogens with zero attached hydrogens (tertiary/aromatic N) is 1. The molecule has 4 rings (SSSR count). The van der Waals surface area contributed by atoms with Crippen molar-refractivity contribution in [2.45, 2.75) is 6.61 Å². The highest BCUT2D eigenvalue weighted by Crippen LogP contribution is 2.36. The molecule has 1 heterocycles. The van der Waals surface area contributed by atoms with Crippen molar-refractivity contribution in [2.75, 3.05) is 4.90 Å². The fraction of sp³-hybridized carbons (Fsp3) is 0.0417. The van der Waals surface area contributed by atoms with Crippen LogP contribution in [0.25, 0.3) is 6.08 Å². The van der Waals surface area contributed by atoms with E-state index in [1.54, 1.807) is 24.3 Å². The average Bonchev–Trinajstić information content (AvgIpc) is 2.79. The Morgan fingerprint density at radius 3 is 2.23 bits per heavy atom. The molecule has 35 heavy (non-hydrogen) atoms. The maximum atomic E-state index is 13.1. The largest absolute Gasteiger partial charge is 0.487 e. The monoisotopic (exact) mass is 640 g/mol. The zero-order valence-corrected chi connectivity index (χ0v) is 22.1. The SMILES string of the molecule is O=C1NC(=O)N(c2ccc(Cl)c(Cl)c2)C(=O)/C1=C/c1cc(Br)c(OCc2ccc(F)cc2)c(Br)c1. The molecule has 0 atom stereocenters. The van der Waals surface area contributed by atoms with E-state index in [0.717, 1.165) is 10.5 Å². The van der Waals surface area contributed by atoms with E-state index >= 15 is 0 Å². The highest BCUT2D eigenvalue weighted by atomic mass is 79.9. The van der Waals surface area contributed by atoms with E-state index in [0.29, 0.717) is 20.3 Å². The predicted molar refractivity (Wildman–Crippen MR) is 138 cm³/mol. The van der Waals surface area contributed by atoms with E-state index in [-0.39, 0.29) is 33.7 Å². The molecular weight excluding hydrogens is 630 g/mol. The van der Waals surface area contributed by atoms with E-state index in [1.165, 1.54) is 36.4 Å². The summed E-state index contributed by atoms with van der Waals surface area (Å²) in [5, 5.41) is 2.56. The van der Waals surface area contributed by atoms with Gasteiger partial charge < -0.3 is 4.74 Å². The number of halogens is 5. The first-order valence-electron chi connectivity index (χ1n) is 9.87. The Morgan fingerprint density at radius 1 is 0.943 bits per heavy atom. The van der Waals surface area contributed by atoms with Crippen LogP contribution in [0.15, 0.2) is 69.1 Å². The van der Waals surface area contributed by atoms with Gasteiger partial charge in [-0.3, -0.25) is 14.9 Å². The first-order valence-corrected chi connectivity index (χ1v) is 12.2. The van der Waals surface area contributed by atoms with E-state index in [1.807, 2.05) is 0 Å². The molecule has 178 valence electrons. The van der Waals surface area contributed by atoms with Crippen molar-refractivity contribution in [3.63, 3.8) is 0 Å². The van der Waals surface area contributed by atoms with Crippen molar-refractivity contribution in [1.29, 1.82) is 0 Å². The van der Waals surface area contributed by atoms with Gasteiger partial charge in [0.2, 0.25) is 0 Å². The number of nitrogens with one attached hydrogen (secondary N) is 1. The Hall–Kier alpha value is -2.72. The predicted octanol–water partition coefficient (Wildman–Crippen LogP) is 6.90. The van der Waals surface area contributed by atoms with Crippen molar-refractivity contribution >= 4 is 84.7 Å². The Kier molecular flexibility index (Phi) is 7.61. The van der Waals surface area contributed by atoms with Gasteiger partial charge in [0.05, 0.1) is 24.7 Å². The number of hydrogen-bond acceptors (Lipinski definition) is 4. The van der Waals surface area contributed by atoms with Gasteiger partial charge in [0.15, 0.2) is 0 Å². The summed E-state index contributed by atoms with van der Waals surface area (Å²) in [6.45, 7) is 0.194. The molecule has 6 nitrogen and oxygen atoms in total. The Morgan fingerprint density at radius 2 is 1.60 bits per heavy atom. The standard InChI is InChI=1S/C24H13Br2Cl2FN2O4/c25-17-8-13(9-18(26)21(17)35-11-12-1-3-14(29)4-2-12)7-16-22(32)30-24(34)31(23(16)33)15-5-6-19(27)20(28)10-15/h1-10H,11H2,(H,30,32,34)/b16-7+. The molecule has 0 bridgehead atoms. The number of imide groups is 2. The van der Waals surface area contributed by atoms with Crippen molar-refractivity contribution in [3.05, 3.63) is 96.1 Å². The van der Waals surface area contributed by atoms with Crippen molar-refractivity contribution in [3.8, 4) is 5.75 Å². The normalized spacial score (nSPS) is 14.9. The second-order valence-electron chi connectivity index (χ2n) is 7.29. The fourth-order valence-electron chi connectivity index (χ4n) is 3.22. The molecule has 0 radical (unpaired) electrons. The number of rotatable bonds is 5. The van der Waals surface area contributed by atoms with Gasteiger partial charge in [-0.2, -0.15) is 0 Å². The lowest BCUT2D eigenvalue weighted by Crippen LogP contribution is -2.54. The minimum atomic E-state index is -0.901. The molecule has 1 aliphatic heterocycles. The summed E-state index contributed by atoms with van der Waals surface area (Å²) < 4.78 is 20.0. The van der Waals surface area contributed by atoms with Crippen LogP contribution in [0.3, 0.4) is 0 Å². The summed E-state index contributed by atoms with van der Waals surface area (Å²) in [4.78, 5) is 38.8. The van der Waals surface area contributed by atoms with E-state index in [9.17, 15) is 18.8 Å². The highest BCUT2D eigenvalue weighted by Gasteiger charge is 2.37. The number of carbonyl (C=O) groups excluding carboxylic acids is 3. The first kappa shape index (κ1) is 25.4. The minimum Gasteiger partial charge on any atom is -0.487 e. The molecule has 0 saturated carbocycles. The summed E-state index contributed by atoms with van der Waals surface area (Å²) in [6.07, 6.45) is 1.36. The lowest BCUT2D eigenvalue weighted by Gasteiger charge is -2.26. The Balaban J connectivity index is 1.61. The van der Waals surface area contributed by atoms with E-state index in [2.05, 4.69) is 37.2 Å². The molecular formula is C24H13Br2Cl2FN2O4. The van der Waals surface area contributed by atoms with Gasteiger partial charge in [0, 0.05) is 0 Å². The van der Waals surface area contributed by atoms with Crippen LogP contribution < -0.4 is 15.0 Å². The molecule has 1 fully saturated rings. The Bertz CT molecular complexity index is 1370.